The molecule has 1 N–H and O–H groups in total. The highest BCUT2D eigenvalue weighted by Gasteiger charge is 2.56. The Hall–Kier alpha value is -1.49. The molecule has 1 aliphatic heterocycles. The fraction of sp³-hybridized carbons (Fsp3) is 0.650. The third kappa shape index (κ3) is 1.66. The van der Waals surface area contributed by atoms with Crippen molar-refractivity contribution in [1.29, 1.82) is 0 Å². The highest BCUT2D eigenvalue weighted by Crippen LogP contribution is 2.63. The molecule has 1 saturated heterocycles. The van der Waals surface area contributed by atoms with E-state index in [4.69, 9.17) is 6.42 Å². The number of carbonyl (C=O) groups excluding carboxylic acids is 1. The second-order valence-corrected chi connectivity index (χ2v) is 8.15. The minimum Gasteiger partial charge on any atom is -0.330 e. The van der Waals surface area contributed by atoms with Crippen molar-refractivity contribution in [2.45, 2.75) is 52.4 Å². The first-order chi connectivity index (χ1) is 10.5. The maximum absolute atomic E-state index is 11.8. The summed E-state index contributed by atoms with van der Waals surface area (Å²) in [6.07, 6.45) is 16.8. The number of piperidine rings is 1. The zero-order valence-corrected chi connectivity index (χ0v) is 13.6. The summed E-state index contributed by atoms with van der Waals surface area (Å²) in [6, 6.07) is 0. The number of fused-ring (bicyclic) bond motifs is 5. The number of hydrogen-bond donors (Lipinski definition) is 1. The Kier molecular flexibility index (Phi) is 2.89. The summed E-state index contributed by atoms with van der Waals surface area (Å²) in [5.74, 6) is 5.24. The molecule has 1 saturated carbocycles. The molecular weight excluding hydrogens is 270 g/mol. The van der Waals surface area contributed by atoms with Crippen LogP contribution < -0.4 is 5.32 Å². The lowest BCUT2D eigenvalue weighted by Gasteiger charge is -2.56. The Morgan fingerprint density at radius 3 is 2.77 bits per heavy atom. The van der Waals surface area contributed by atoms with Crippen LogP contribution in [0.1, 0.15) is 52.4 Å². The van der Waals surface area contributed by atoms with Crippen LogP contribution in [0, 0.1) is 40.9 Å². The lowest BCUT2D eigenvalue weighted by Crippen LogP contribution is -2.52. The predicted molar refractivity (Wildman–Crippen MR) is 87.5 cm³/mol. The van der Waals surface area contributed by atoms with Gasteiger partial charge in [0.2, 0.25) is 5.91 Å². The number of allylic oxidation sites excluding steroid dienone is 4. The van der Waals surface area contributed by atoms with Gasteiger partial charge in [-0.3, -0.25) is 4.79 Å². The monoisotopic (exact) mass is 295 g/mol. The van der Waals surface area contributed by atoms with Gasteiger partial charge in [-0.2, -0.15) is 0 Å². The number of carbonyl (C=O) groups is 1. The van der Waals surface area contributed by atoms with E-state index in [0.29, 0.717) is 24.2 Å². The number of terminal acetylenes is 1. The Morgan fingerprint density at radius 2 is 2.00 bits per heavy atom. The van der Waals surface area contributed by atoms with Crippen LogP contribution in [0.5, 0.6) is 0 Å². The minimum atomic E-state index is 0.164. The average molecular weight is 295 g/mol. The first-order valence-corrected chi connectivity index (χ1v) is 8.67. The standard InChI is InChI=1S/C20H25NO/c1-4-13-5-7-15-14-6-8-17-20(3,12-10-18(22)21-17)16(14)9-11-19(13,15)2/h1,5,8,14-16H,6-7,9-12H2,2-3H3,(H,21,22)/t14-,15-,16-,19+,20+/m0/s1. The lowest BCUT2D eigenvalue weighted by molar-refractivity contribution is -0.124. The van der Waals surface area contributed by atoms with Crippen molar-refractivity contribution in [3.63, 3.8) is 0 Å². The molecule has 0 aromatic heterocycles. The molecule has 2 heteroatoms. The average Bonchev–Trinajstić information content (AvgIpc) is 2.84. The maximum atomic E-state index is 11.8. The van der Waals surface area contributed by atoms with Gasteiger partial charge in [-0.25, -0.2) is 0 Å². The summed E-state index contributed by atoms with van der Waals surface area (Å²) < 4.78 is 0. The van der Waals surface area contributed by atoms with Crippen molar-refractivity contribution in [3.05, 3.63) is 23.4 Å². The van der Waals surface area contributed by atoms with Crippen LogP contribution in [-0.2, 0) is 4.79 Å². The molecule has 5 atom stereocenters. The van der Waals surface area contributed by atoms with Gasteiger partial charge >= 0.3 is 0 Å². The quantitative estimate of drug-likeness (QED) is 0.677. The van der Waals surface area contributed by atoms with Gasteiger partial charge in [-0.1, -0.05) is 31.9 Å². The Labute approximate surface area is 133 Å². The van der Waals surface area contributed by atoms with E-state index in [1.165, 1.54) is 24.1 Å². The molecule has 0 bridgehead atoms. The molecule has 1 heterocycles. The van der Waals surface area contributed by atoms with Gasteiger partial charge in [-0.15, -0.1) is 6.42 Å². The fourth-order valence-electron chi connectivity index (χ4n) is 5.98. The van der Waals surface area contributed by atoms with E-state index in [9.17, 15) is 4.79 Å². The zero-order valence-electron chi connectivity index (χ0n) is 13.6. The summed E-state index contributed by atoms with van der Waals surface area (Å²) in [4.78, 5) is 11.8. The van der Waals surface area contributed by atoms with Gasteiger partial charge in [0.25, 0.3) is 0 Å². The maximum Gasteiger partial charge on any atom is 0.224 e. The summed E-state index contributed by atoms with van der Waals surface area (Å²) in [6.45, 7) is 4.76. The molecular formula is C20H25NO. The van der Waals surface area contributed by atoms with Crippen LogP contribution in [0.15, 0.2) is 23.4 Å². The van der Waals surface area contributed by atoms with Crippen LogP contribution in [0.4, 0.5) is 0 Å². The molecule has 116 valence electrons. The van der Waals surface area contributed by atoms with E-state index >= 15 is 0 Å². The van der Waals surface area contributed by atoms with Gasteiger partial charge < -0.3 is 5.32 Å². The van der Waals surface area contributed by atoms with Gasteiger partial charge in [0, 0.05) is 28.5 Å². The predicted octanol–water partition coefficient (Wildman–Crippen LogP) is 3.80. The van der Waals surface area contributed by atoms with Gasteiger partial charge in [-0.05, 0) is 49.9 Å². The summed E-state index contributed by atoms with van der Waals surface area (Å²) in [5.41, 5.74) is 2.83. The SMILES string of the molecule is C#CC1=CC[C@H]2[C@@H]3CC=C4NC(=O)CC[C@]4(C)[C@H]3CC[C@]12C. The minimum absolute atomic E-state index is 0.164. The second kappa shape index (κ2) is 4.51. The highest BCUT2D eigenvalue weighted by molar-refractivity contribution is 5.79. The number of rotatable bonds is 0. The number of nitrogens with one attached hydrogen (secondary N) is 1. The first kappa shape index (κ1) is 14.1. The molecule has 4 rings (SSSR count). The zero-order chi connectivity index (χ0) is 15.5. The van der Waals surface area contributed by atoms with Crippen molar-refractivity contribution in [2.75, 3.05) is 0 Å². The molecule has 0 aromatic carbocycles. The molecule has 2 nitrogen and oxygen atoms in total. The Balaban J connectivity index is 1.70. The van der Waals surface area contributed by atoms with E-state index in [0.717, 1.165) is 19.3 Å². The van der Waals surface area contributed by atoms with E-state index in [2.05, 4.69) is 37.2 Å². The van der Waals surface area contributed by atoms with Crippen molar-refractivity contribution < 1.29 is 4.79 Å². The smallest absolute Gasteiger partial charge is 0.224 e. The van der Waals surface area contributed by atoms with E-state index in [1.54, 1.807) is 0 Å². The fourth-order valence-corrected chi connectivity index (χ4v) is 5.98. The Bertz CT molecular complexity index is 637. The Morgan fingerprint density at radius 1 is 1.18 bits per heavy atom. The van der Waals surface area contributed by atoms with Crippen molar-refractivity contribution in [1.82, 2.24) is 5.32 Å². The molecule has 4 aliphatic rings. The van der Waals surface area contributed by atoms with Gasteiger partial charge in [0.1, 0.15) is 0 Å². The van der Waals surface area contributed by atoms with Gasteiger partial charge in [0.15, 0.2) is 0 Å². The molecule has 0 aromatic rings. The van der Waals surface area contributed by atoms with Crippen LogP contribution in [0.3, 0.4) is 0 Å². The lowest BCUT2D eigenvalue weighted by atomic mass is 9.49. The van der Waals surface area contributed by atoms with Crippen LogP contribution in [-0.4, -0.2) is 5.91 Å². The van der Waals surface area contributed by atoms with E-state index in [1.807, 2.05) is 0 Å². The molecule has 0 spiro atoms. The summed E-state index contributed by atoms with van der Waals surface area (Å²) in [5, 5.41) is 3.16. The normalized spacial score (nSPS) is 46.4. The third-order valence-electron chi connectivity index (χ3n) is 7.35. The summed E-state index contributed by atoms with van der Waals surface area (Å²) >= 11 is 0. The topological polar surface area (TPSA) is 29.1 Å². The second-order valence-electron chi connectivity index (χ2n) is 8.15. The van der Waals surface area contributed by atoms with Crippen LogP contribution in [0.25, 0.3) is 0 Å². The molecule has 0 unspecified atom stereocenters. The molecule has 2 fully saturated rings. The number of amides is 1. The van der Waals surface area contributed by atoms with Crippen LogP contribution >= 0.6 is 0 Å². The molecule has 22 heavy (non-hydrogen) atoms. The highest BCUT2D eigenvalue weighted by atomic mass is 16.1. The van der Waals surface area contributed by atoms with E-state index in [-0.39, 0.29) is 16.7 Å². The van der Waals surface area contributed by atoms with Crippen molar-refractivity contribution in [2.24, 2.45) is 28.6 Å². The molecule has 1 amide bonds. The van der Waals surface area contributed by atoms with Crippen LogP contribution in [0.2, 0.25) is 0 Å². The van der Waals surface area contributed by atoms with Gasteiger partial charge in [0.05, 0.1) is 0 Å². The third-order valence-corrected chi connectivity index (χ3v) is 7.35. The van der Waals surface area contributed by atoms with Crippen molar-refractivity contribution >= 4 is 5.91 Å². The largest absolute Gasteiger partial charge is 0.330 e. The van der Waals surface area contributed by atoms with E-state index < -0.39 is 0 Å². The number of hydrogen-bond acceptors (Lipinski definition) is 1. The molecule has 0 radical (unpaired) electrons. The molecule has 3 aliphatic carbocycles. The van der Waals surface area contributed by atoms with Crippen molar-refractivity contribution in [3.8, 4) is 12.3 Å². The summed E-state index contributed by atoms with van der Waals surface area (Å²) in [7, 11) is 0. The first-order valence-electron chi connectivity index (χ1n) is 8.67.